The van der Waals surface area contributed by atoms with Gasteiger partial charge in [-0.3, -0.25) is 11.3 Å². The van der Waals surface area contributed by atoms with Gasteiger partial charge in [-0.2, -0.15) is 0 Å². The SMILES string of the molecule is NNC(Cc1ccc(F)cc1)Cc1cc(F)ccc1F. The summed E-state index contributed by atoms with van der Waals surface area (Å²) in [4.78, 5) is 0. The van der Waals surface area contributed by atoms with E-state index in [-0.39, 0.29) is 23.8 Å². The third-order valence-electron chi connectivity index (χ3n) is 3.11. The van der Waals surface area contributed by atoms with Crippen LogP contribution in [0.5, 0.6) is 0 Å². The predicted molar refractivity (Wildman–Crippen MR) is 71.3 cm³/mol. The van der Waals surface area contributed by atoms with Gasteiger partial charge in [0, 0.05) is 6.04 Å². The lowest BCUT2D eigenvalue weighted by atomic mass is 9.99. The predicted octanol–water partition coefficient (Wildman–Crippen LogP) is 2.72. The zero-order valence-electron chi connectivity index (χ0n) is 10.7. The number of nitrogens with one attached hydrogen (secondary N) is 1. The van der Waals surface area contributed by atoms with E-state index in [9.17, 15) is 13.2 Å². The zero-order chi connectivity index (χ0) is 14.5. The molecule has 2 aromatic rings. The summed E-state index contributed by atoms with van der Waals surface area (Å²) in [5.41, 5.74) is 3.70. The molecule has 0 radical (unpaired) electrons. The summed E-state index contributed by atoms with van der Waals surface area (Å²) < 4.78 is 39.5. The maximum absolute atomic E-state index is 13.6. The van der Waals surface area contributed by atoms with Crippen LogP contribution in [0.15, 0.2) is 42.5 Å². The molecule has 5 heteroatoms. The standard InChI is InChI=1S/C15H15F3N2/c16-12-3-1-10(2-4-12)7-14(20-19)9-11-8-13(17)5-6-15(11)18/h1-6,8,14,20H,7,9,19H2. The molecule has 0 fully saturated rings. The Balaban J connectivity index is 2.08. The molecular formula is C15H15F3N2. The minimum Gasteiger partial charge on any atom is -0.271 e. The number of hydrazine groups is 1. The van der Waals surface area contributed by atoms with Crippen LogP contribution in [0.25, 0.3) is 0 Å². The van der Waals surface area contributed by atoms with Gasteiger partial charge in [-0.15, -0.1) is 0 Å². The van der Waals surface area contributed by atoms with Crippen molar-refractivity contribution >= 4 is 0 Å². The van der Waals surface area contributed by atoms with Crippen LogP contribution in [0.1, 0.15) is 11.1 Å². The van der Waals surface area contributed by atoms with Crippen LogP contribution in [0.2, 0.25) is 0 Å². The first-order valence-corrected chi connectivity index (χ1v) is 6.23. The molecule has 0 aliphatic heterocycles. The van der Waals surface area contributed by atoms with Crippen LogP contribution >= 0.6 is 0 Å². The first-order chi connectivity index (χ1) is 9.58. The smallest absolute Gasteiger partial charge is 0.126 e. The van der Waals surface area contributed by atoms with E-state index in [2.05, 4.69) is 5.43 Å². The second-order valence-corrected chi connectivity index (χ2v) is 4.63. The van der Waals surface area contributed by atoms with E-state index in [4.69, 9.17) is 5.84 Å². The van der Waals surface area contributed by atoms with Gasteiger partial charge in [0.05, 0.1) is 0 Å². The van der Waals surface area contributed by atoms with Crippen LogP contribution in [0.4, 0.5) is 13.2 Å². The third kappa shape index (κ3) is 3.82. The number of halogens is 3. The van der Waals surface area contributed by atoms with Crippen molar-refractivity contribution in [3.8, 4) is 0 Å². The Morgan fingerprint density at radius 3 is 2.20 bits per heavy atom. The Bertz CT molecular complexity index is 570. The largest absolute Gasteiger partial charge is 0.271 e. The van der Waals surface area contributed by atoms with Gasteiger partial charge >= 0.3 is 0 Å². The summed E-state index contributed by atoms with van der Waals surface area (Å²) in [5, 5.41) is 0. The highest BCUT2D eigenvalue weighted by Crippen LogP contribution is 2.14. The van der Waals surface area contributed by atoms with Crippen molar-refractivity contribution in [2.75, 3.05) is 0 Å². The number of rotatable bonds is 5. The number of hydrogen-bond acceptors (Lipinski definition) is 2. The van der Waals surface area contributed by atoms with Gasteiger partial charge in [0.1, 0.15) is 17.5 Å². The highest BCUT2D eigenvalue weighted by molar-refractivity contribution is 5.22. The van der Waals surface area contributed by atoms with Crippen LogP contribution in [0.3, 0.4) is 0 Å². The first-order valence-electron chi connectivity index (χ1n) is 6.23. The number of benzene rings is 2. The molecule has 0 aliphatic carbocycles. The molecule has 0 heterocycles. The molecule has 1 atom stereocenters. The van der Waals surface area contributed by atoms with E-state index < -0.39 is 11.6 Å². The van der Waals surface area contributed by atoms with E-state index in [1.54, 1.807) is 12.1 Å². The molecule has 20 heavy (non-hydrogen) atoms. The lowest BCUT2D eigenvalue weighted by Gasteiger charge is -2.16. The zero-order valence-corrected chi connectivity index (χ0v) is 10.7. The normalized spacial score (nSPS) is 12.4. The van der Waals surface area contributed by atoms with Crippen LogP contribution in [-0.2, 0) is 12.8 Å². The Morgan fingerprint density at radius 1 is 0.900 bits per heavy atom. The van der Waals surface area contributed by atoms with Gasteiger partial charge < -0.3 is 0 Å². The highest BCUT2D eigenvalue weighted by atomic mass is 19.1. The van der Waals surface area contributed by atoms with Gasteiger partial charge in [-0.1, -0.05) is 12.1 Å². The molecule has 1 unspecified atom stereocenters. The summed E-state index contributed by atoms with van der Waals surface area (Å²) in [6.45, 7) is 0. The van der Waals surface area contributed by atoms with Crippen molar-refractivity contribution in [2.24, 2.45) is 5.84 Å². The highest BCUT2D eigenvalue weighted by Gasteiger charge is 2.13. The molecule has 0 saturated carbocycles. The molecule has 0 saturated heterocycles. The van der Waals surface area contributed by atoms with E-state index >= 15 is 0 Å². The maximum atomic E-state index is 13.6. The fraction of sp³-hybridized carbons (Fsp3) is 0.200. The molecule has 0 aromatic heterocycles. The molecule has 0 aliphatic rings. The Hall–Kier alpha value is -1.85. The van der Waals surface area contributed by atoms with Crippen molar-refractivity contribution in [3.63, 3.8) is 0 Å². The molecule has 0 spiro atoms. The second-order valence-electron chi connectivity index (χ2n) is 4.63. The second kappa shape index (κ2) is 6.54. The van der Waals surface area contributed by atoms with E-state index in [1.807, 2.05) is 0 Å². The molecule has 2 nitrogen and oxygen atoms in total. The van der Waals surface area contributed by atoms with Crippen LogP contribution < -0.4 is 11.3 Å². The van der Waals surface area contributed by atoms with Crippen LogP contribution in [0, 0.1) is 17.5 Å². The fourth-order valence-corrected chi connectivity index (χ4v) is 2.06. The van der Waals surface area contributed by atoms with Crippen molar-refractivity contribution in [1.29, 1.82) is 0 Å². The van der Waals surface area contributed by atoms with Crippen molar-refractivity contribution in [1.82, 2.24) is 5.43 Å². The van der Waals surface area contributed by atoms with E-state index in [0.717, 1.165) is 23.8 Å². The molecule has 106 valence electrons. The molecule has 0 amide bonds. The van der Waals surface area contributed by atoms with Crippen molar-refractivity contribution in [3.05, 3.63) is 71.0 Å². The maximum Gasteiger partial charge on any atom is 0.126 e. The van der Waals surface area contributed by atoms with E-state index in [1.165, 1.54) is 12.1 Å². The summed E-state index contributed by atoms with van der Waals surface area (Å²) in [6.07, 6.45) is 0.740. The summed E-state index contributed by atoms with van der Waals surface area (Å²) in [7, 11) is 0. The van der Waals surface area contributed by atoms with E-state index in [0.29, 0.717) is 6.42 Å². The minimum atomic E-state index is -0.487. The summed E-state index contributed by atoms with van der Waals surface area (Å²) >= 11 is 0. The molecule has 0 bridgehead atoms. The average Bonchev–Trinajstić information content (AvgIpc) is 2.44. The van der Waals surface area contributed by atoms with Gasteiger partial charge in [0.2, 0.25) is 0 Å². The first kappa shape index (κ1) is 14.6. The summed E-state index contributed by atoms with van der Waals surface area (Å²) in [6, 6.07) is 9.04. The fourth-order valence-electron chi connectivity index (χ4n) is 2.06. The lowest BCUT2D eigenvalue weighted by Crippen LogP contribution is -2.38. The Morgan fingerprint density at radius 2 is 1.55 bits per heavy atom. The molecular weight excluding hydrogens is 265 g/mol. The monoisotopic (exact) mass is 280 g/mol. The molecule has 2 rings (SSSR count). The minimum absolute atomic E-state index is 0.247. The Kier molecular flexibility index (Phi) is 4.76. The lowest BCUT2D eigenvalue weighted by molar-refractivity contribution is 0.502. The number of nitrogens with two attached hydrogens (primary N) is 1. The molecule has 3 N–H and O–H groups in total. The molecule has 2 aromatic carbocycles. The average molecular weight is 280 g/mol. The topological polar surface area (TPSA) is 38.0 Å². The van der Waals surface area contributed by atoms with Gasteiger partial charge in [0.15, 0.2) is 0 Å². The van der Waals surface area contributed by atoms with Gasteiger partial charge in [-0.25, -0.2) is 13.2 Å². The van der Waals surface area contributed by atoms with Crippen molar-refractivity contribution in [2.45, 2.75) is 18.9 Å². The van der Waals surface area contributed by atoms with Crippen LogP contribution in [-0.4, -0.2) is 6.04 Å². The third-order valence-corrected chi connectivity index (χ3v) is 3.11. The summed E-state index contributed by atoms with van der Waals surface area (Å²) in [5.74, 6) is 4.17. The van der Waals surface area contributed by atoms with Gasteiger partial charge in [0.25, 0.3) is 0 Å². The van der Waals surface area contributed by atoms with Crippen molar-refractivity contribution < 1.29 is 13.2 Å². The quantitative estimate of drug-likeness (QED) is 0.653. The number of hydrogen-bond donors (Lipinski definition) is 2. The Labute approximate surface area is 115 Å². The van der Waals surface area contributed by atoms with Gasteiger partial charge in [-0.05, 0) is 54.3 Å².